The number of carbonyl (C=O) groups excluding carboxylic acids is 1. The molecule has 2 aromatic carbocycles. The fourth-order valence-corrected chi connectivity index (χ4v) is 5.97. The van der Waals surface area contributed by atoms with Crippen molar-refractivity contribution >= 4 is 52.1 Å². The predicted molar refractivity (Wildman–Crippen MR) is 162 cm³/mol. The van der Waals surface area contributed by atoms with Crippen LogP contribution in [-0.2, 0) is 4.79 Å². The molecule has 4 aromatic rings. The summed E-state index contributed by atoms with van der Waals surface area (Å²) in [6.45, 7) is 6.54. The van der Waals surface area contributed by atoms with Gasteiger partial charge in [0.05, 0.1) is 33.5 Å². The Morgan fingerprint density at radius 3 is 2.56 bits per heavy atom. The molecule has 0 radical (unpaired) electrons. The molecule has 0 aliphatic carbocycles. The number of thiocarbonyl (C=S) groups is 1. The maximum atomic E-state index is 13.0. The summed E-state index contributed by atoms with van der Waals surface area (Å²) in [5, 5.41) is 8.09. The third-order valence-electron chi connectivity index (χ3n) is 7.16. The normalized spacial score (nSPS) is 16.8. The minimum absolute atomic E-state index is 0.0664. The van der Waals surface area contributed by atoms with E-state index in [0.29, 0.717) is 21.7 Å². The van der Waals surface area contributed by atoms with Gasteiger partial charge in [-0.2, -0.15) is 0 Å². The van der Waals surface area contributed by atoms with E-state index in [0.717, 1.165) is 39.6 Å². The summed E-state index contributed by atoms with van der Waals surface area (Å²) in [4.78, 5) is 19.7. The van der Waals surface area contributed by atoms with Crippen LogP contribution in [-0.4, -0.2) is 32.0 Å². The Morgan fingerprint density at radius 2 is 1.82 bits per heavy atom. The summed E-state index contributed by atoms with van der Waals surface area (Å²) < 4.78 is 2.11. The van der Waals surface area contributed by atoms with Crippen LogP contribution >= 0.6 is 35.4 Å². The number of pyridine rings is 1. The van der Waals surface area contributed by atoms with Crippen LogP contribution in [0, 0.1) is 20.8 Å². The van der Waals surface area contributed by atoms with Crippen LogP contribution < -0.4 is 10.6 Å². The van der Waals surface area contributed by atoms with E-state index in [1.165, 1.54) is 0 Å². The van der Waals surface area contributed by atoms with Crippen molar-refractivity contribution in [3.8, 4) is 5.69 Å². The number of nitrogens with one attached hydrogen (secondary N) is 2. The Labute approximate surface area is 244 Å². The Kier molecular flexibility index (Phi) is 7.93. The Morgan fingerprint density at radius 1 is 1.05 bits per heavy atom. The largest absolute Gasteiger partial charge is 0.352 e. The van der Waals surface area contributed by atoms with Gasteiger partial charge in [0.25, 0.3) is 0 Å². The summed E-state index contributed by atoms with van der Waals surface area (Å²) in [5.41, 5.74) is 6.63. The fourth-order valence-electron chi connectivity index (χ4n) is 5.26. The van der Waals surface area contributed by atoms with Crippen molar-refractivity contribution in [2.45, 2.75) is 39.3 Å². The van der Waals surface area contributed by atoms with Crippen molar-refractivity contribution in [2.24, 2.45) is 0 Å². The lowest BCUT2D eigenvalue weighted by Crippen LogP contribution is -2.33. The smallest absolute Gasteiger partial charge is 0.226 e. The first kappa shape index (κ1) is 27.2. The number of carbonyl (C=O) groups is 1. The highest BCUT2D eigenvalue weighted by Crippen LogP contribution is 2.42. The molecule has 3 heterocycles. The second-order valence-electron chi connectivity index (χ2n) is 9.67. The van der Waals surface area contributed by atoms with Gasteiger partial charge in [-0.3, -0.25) is 9.78 Å². The van der Waals surface area contributed by atoms with Crippen LogP contribution in [0.2, 0.25) is 10.0 Å². The van der Waals surface area contributed by atoms with Gasteiger partial charge < -0.3 is 20.1 Å². The van der Waals surface area contributed by atoms with Crippen molar-refractivity contribution in [3.05, 3.63) is 111 Å². The molecule has 9 heteroatoms. The first-order valence-electron chi connectivity index (χ1n) is 12.7. The molecular formula is C30H29Cl2N5OS. The Hall–Kier alpha value is -3.39. The number of benzene rings is 2. The standard InChI is InChI=1S/C30H29Cl2N5OS/c1-18-9-4-5-11-23(18)34-26(38)14-16-36-29(28(35-30(36)39)24-12-6-7-15-33-24)21-17-19(2)37(20(21)3)25-13-8-10-22(31)27(25)32/h4-13,15,17,28-29H,14,16H2,1-3H3,(H,34,38)(H,35,39). The van der Waals surface area contributed by atoms with E-state index in [9.17, 15) is 4.79 Å². The van der Waals surface area contributed by atoms with Crippen LogP contribution in [0.3, 0.4) is 0 Å². The molecule has 1 fully saturated rings. The maximum absolute atomic E-state index is 13.0. The molecule has 2 N–H and O–H groups in total. The monoisotopic (exact) mass is 577 g/mol. The number of para-hydroxylation sites is 1. The fraction of sp³-hybridized carbons (Fsp3) is 0.233. The van der Waals surface area contributed by atoms with Gasteiger partial charge in [-0.05, 0) is 80.5 Å². The summed E-state index contributed by atoms with van der Waals surface area (Å²) in [5.74, 6) is -0.0664. The average molecular weight is 579 g/mol. The van der Waals surface area contributed by atoms with Gasteiger partial charge in [-0.25, -0.2) is 0 Å². The second-order valence-corrected chi connectivity index (χ2v) is 10.8. The minimum atomic E-state index is -0.193. The summed E-state index contributed by atoms with van der Waals surface area (Å²) in [6, 6.07) is 21.0. The number of anilines is 1. The van der Waals surface area contributed by atoms with Crippen LogP contribution in [0.25, 0.3) is 5.69 Å². The summed E-state index contributed by atoms with van der Waals surface area (Å²) >= 11 is 18.8. The van der Waals surface area contributed by atoms with Gasteiger partial charge >= 0.3 is 0 Å². The molecule has 200 valence electrons. The number of hydrogen-bond acceptors (Lipinski definition) is 3. The number of rotatable bonds is 7. The lowest BCUT2D eigenvalue weighted by atomic mass is 9.96. The number of nitrogens with zero attached hydrogens (tertiary/aromatic N) is 3. The Bertz CT molecular complexity index is 1540. The lowest BCUT2D eigenvalue weighted by Gasteiger charge is -2.28. The molecule has 6 nitrogen and oxygen atoms in total. The zero-order valence-corrected chi connectivity index (χ0v) is 24.2. The first-order chi connectivity index (χ1) is 18.8. The van der Waals surface area contributed by atoms with Crippen LogP contribution in [0.5, 0.6) is 0 Å². The van der Waals surface area contributed by atoms with Gasteiger partial charge in [-0.15, -0.1) is 0 Å². The molecule has 0 saturated carbocycles. The van der Waals surface area contributed by atoms with Gasteiger partial charge in [0.15, 0.2) is 5.11 Å². The molecule has 5 rings (SSSR count). The number of halogens is 2. The SMILES string of the molecule is Cc1ccccc1NC(=O)CCN1C(=S)NC(c2ccccn2)C1c1cc(C)n(-c2cccc(Cl)c2Cl)c1C. The molecule has 1 amide bonds. The lowest BCUT2D eigenvalue weighted by molar-refractivity contribution is -0.116. The first-order valence-corrected chi connectivity index (χ1v) is 13.9. The third kappa shape index (κ3) is 5.39. The number of hydrogen-bond donors (Lipinski definition) is 2. The van der Waals surface area contributed by atoms with Crippen LogP contribution in [0.1, 0.15) is 46.7 Å². The van der Waals surface area contributed by atoms with E-state index in [2.05, 4.69) is 38.1 Å². The molecule has 39 heavy (non-hydrogen) atoms. The second kappa shape index (κ2) is 11.4. The molecule has 1 saturated heterocycles. The molecule has 2 aromatic heterocycles. The zero-order valence-electron chi connectivity index (χ0n) is 21.9. The summed E-state index contributed by atoms with van der Waals surface area (Å²) in [7, 11) is 0. The van der Waals surface area contributed by atoms with E-state index in [1.54, 1.807) is 12.3 Å². The van der Waals surface area contributed by atoms with Crippen LogP contribution in [0.15, 0.2) is 72.9 Å². The average Bonchev–Trinajstić information content (AvgIpc) is 3.40. The van der Waals surface area contributed by atoms with Gasteiger partial charge in [-0.1, -0.05) is 53.5 Å². The van der Waals surface area contributed by atoms with Gasteiger partial charge in [0.2, 0.25) is 5.91 Å². The highest BCUT2D eigenvalue weighted by atomic mass is 35.5. The van der Waals surface area contributed by atoms with E-state index in [-0.39, 0.29) is 24.4 Å². The maximum Gasteiger partial charge on any atom is 0.226 e. The zero-order chi connectivity index (χ0) is 27.7. The topological polar surface area (TPSA) is 62.2 Å². The number of aromatic nitrogens is 2. The predicted octanol–water partition coefficient (Wildman–Crippen LogP) is 7.11. The molecule has 1 aliphatic rings. The van der Waals surface area contributed by atoms with Crippen molar-refractivity contribution in [1.82, 2.24) is 19.8 Å². The van der Waals surface area contributed by atoms with Crippen molar-refractivity contribution in [1.29, 1.82) is 0 Å². The van der Waals surface area contributed by atoms with E-state index < -0.39 is 0 Å². The quantitative estimate of drug-likeness (QED) is 0.229. The van der Waals surface area contributed by atoms with Crippen LogP contribution in [0.4, 0.5) is 5.69 Å². The third-order valence-corrected chi connectivity index (χ3v) is 8.32. The van der Waals surface area contributed by atoms with Crippen molar-refractivity contribution < 1.29 is 4.79 Å². The summed E-state index contributed by atoms with van der Waals surface area (Å²) in [6.07, 6.45) is 2.06. The highest BCUT2D eigenvalue weighted by molar-refractivity contribution is 7.80. The highest BCUT2D eigenvalue weighted by Gasteiger charge is 2.41. The number of amides is 1. The van der Waals surface area contributed by atoms with Crippen molar-refractivity contribution in [3.63, 3.8) is 0 Å². The van der Waals surface area contributed by atoms with E-state index in [1.807, 2.05) is 68.4 Å². The molecule has 0 bridgehead atoms. The van der Waals surface area contributed by atoms with E-state index >= 15 is 0 Å². The molecular weight excluding hydrogens is 549 g/mol. The molecule has 0 spiro atoms. The molecule has 2 unspecified atom stereocenters. The molecule has 2 atom stereocenters. The van der Waals surface area contributed by atoms with Crippen molar-refractivity contribution in [2.75, 3.05) is 11.9 Å². The van der Waals surface area contributed by atoms with Gasteiger partial charge in [0, 0.05) is 36.2 Å². The minimum Gasteiger partial charge on any atom is -0.352 e. The molecule has 1 aliphatic heterocycles. The Balaban J connectivity index is 1.50. The number of aryl methyl sites for hydroxylation is 2. The van der Waals surface area contributed by atoms with E-state index in [4.69, 9.17) is 35.4 Å². The van der Waals surface area contributed by atoms with Gasteiger partial charge in [0.1, 0.15) is 0 Å².